The Kier molecular flexibility index (Phi) is 3.89. The lowest BCUT2D eigenvalue weighted by Crippen LogP contribution is -2.10. The van der Waals surface area contributed by atoms with Gasteiger partial charge in [-0.2, -0.15) is 0 Å². The van der Waals surface area contributed by atoms with Gasteiger partial charge in [-0.1, -0.05) is 86.7 Å². The molecule has 0 aliphatic rings. The molecule has 0 radical (unpaired) electrons. The lowest BCUT2D eigenvalue weighted by atomic mass is 9.86. The predicted molar refractivity (Wildman–Crippen MR) is 107 cm³/mol. The third kappa shape index (κ3) is 3.20. The molecule has 3 aromatic carbocycles. The van der Waals surface area contributed by atoms with Crippen molar-refractivity contribution in [2.45, 2.75) is 26.2 Å². The van der Waals surface area contributed by atoms with E-state index in [0.29, 0.717) is 0 Å². The van der Waals surface area contributed by atoms with Gasteiger partial charge >= 0.3 is 0 Å². The number of fused-ring (bicyclic) bond motifs is 1. The van der Waals surface area contributed by atoms with Crippen molar-refractivity contribution >= 4 is 22.1 Å². The van der Waals surface area contributed by atoms with Crippen molar-refractivity contribution in [2.24, 2.45) is 0 Å². The second-order valence-electron chi connectivity index (χ2n) is 7.31. The number of nitrogens with zero attached hydrogens (tertiary/aromatic N) is 2. The lowest BCUT2D eigenvalue weighted by Gasteiger charge is -2.19. The second-order valence-corrected chi connectivity index (χ2v) is 8.28. The molecule has 4 aromatic rings. The van der Waals surface area contributed by atoms with Crippen molar-refractivity contribution in [3.05, 3.63) is 72.3 Å². The summed E-state index contributed by atoms with van der Waals surface area (Å²) in [5.74, 6) is 0. The quantitative estimate of drug-likeness (QED) is 0.425. The molecule has 0 aliphatic carbocycles. The van der Waals surface area contributed by atoms with Crippen LogP contribution in [0.5, 0.6) is 0 Å². The fraction of sp³-hybridized carbons (Fsp3) is 0.182. The number of aromatic nitrogens is 2. The minimum atomic E-state index is 0.127. The molecule has 4 rings (SSSR count). The summed E-state index contributed by atoms with van der Waals surface area (Å²) < 4.78 is 0. The Balaban J connectivity index is 1.72. The molecule has 0 saturated heterocycles. The first-order chi connectivity index (χ1) is 12.0. The molecule has 0 spiro atoms. The molecule has 0 N–H and O–H groups in total. The summed E-state index contributed by atoms with van der Waals surface area (Å²) in [6.07, 6.45) is 0. The van der Waals surface area contributed by atoms with Crippen LogP contribution >= 0.6 is 11.3 Å². The zero-order chi connectivity index (χ0) is 17.4. The maximum absolute atomic E-state index is 4.43. The second kappa shape index (κ2) is 6.08. The SMILES string of the molecule is CC(C)(C)c1cccc(-c2nnc(-c3ccc4ccccc4c3)s2)c1. The van der Waals surface area contributed by atoms with Crippen LogP contribution < -0.4 is 0 Å². The smallest absolute Gasteiger partial charge is 0.138 e. The highest BCUT2D eigenvalue weighted by Gasteiger charge is 2.15. The number of hydrogen-bond donors (Lipinski definition) is 0. The highest BCUT2D eigenvalue weighted by atomic mass is 32.1. The Morgan fingerprint density at radius 2 is 1.36 bits per heavy atom. The molecule has 0 amide bonds. The van der Waals surface area contributed by atoms with Gasteiger partial charge in [0.05, 0.1) is 0 Å². The summed E-state index contributed by atoms with van der Waals surface area (Å²) in [5.41, 5.74) is 3.70. The van der Waals surface area contributed by atoms with Crippen molar-refractivity contribution in [3.63, 3.8) is 0 Å². The topological polar surface area (TPSA) is 25.8 Å². The van der Waals surface area contributed by atoms with Crippen LogP contribution in [0, 0.1) is 0 Å². The number of hydrogen-bond acceptors (Lipinski definition) is 3. The molecule has 1 heterocycles. The fourth-order valence-corrected chi connectivity index (χ4v) is 3.73. The van der Waals surface area contributed by atoms with Crippen LogP contribution in [0.4, 0.5) is 0 Å². The Morgan fingerprint density at radius 3 is 2.08 bits per heavy atom. The zero-order valence-electron chi connectivity index (χ0n) is 14.7. The van der Waals surface area contributed by atoms with Gasteiger partial charge in [-0.25, -0.2) is 0 Å². The van der Waals surface area contributed by atoms with E-state index in [9.17, 15) is 0 Å². The largest absolute Gasteiger partial charge is 0.148 e. The van der Waals surface area contributed by atoms with Gasteiger partial charge in [0.15, 0.2) is 0 Å². The van der Waals surface area contributed by atoms with Gasteiger partial charge < -0.3 is 0 Å². The minimum absolute atomic E-state index is 0.127. The molecule has 124 valence electrons. The predicted octanol–water partition coefficient (Wildman–Crippen LogP) is 6.32. The van der Waals surface area contributed by atoms with E-state index in [-0.39, 0.29) is 5.41 Å². The molecule has 0 atom stereocenters. The maximum Gasteiger partial charge on any atom is 0.148 e. The molecular formula is C22H20N2S. The summed E-state index contributed by atoms with van der Waals surface area (Å²) in [6, 6.07) is 23.5. The minimum Gasteiger partial charge on any atom is -0.138 e. The van der Waals surface area contributed by atoms with Crippen molar-refractivity contribution in [2.75, 3.05) is 0 Å². The first-order valence-corrected chi connectivity index (χ1v) is 9.26. The lowest BCUT2D eigenvalue weighted by molar-refractivity contribution is 0.590. The molecule has 0 bridgehead atoms. The average Bonchev–Trinajstić information content (AvgIpc) is 3.11. The van der Waals surface area contributed by atoms with Crippen molar-refractivity contribution < 1.29 is 0 Å². The van der Waals surface area contributed by atoms with Gasteiger partial charge in [0.25, 0.3) is 0 Å². The first-order valence-electron chi connectivity index (χ1n) is 8.44. The van der Waals surface area contributed by atoms with Gasteiger partial charge in [0, 0.05) is 11.1 Å². The van der Waals surface area contributed by atoms with E-state index < -0.39 is 0 Å². The van der Waals surface area contributed by atoms with Gasteiger partial charge in [0.1, 0.15) is 10.0 Å². The van der Waals surface area contributed by atoms with Crippen molar-refractivity contribution in [1.82, 2.24) is 10.2 Å². The molecule has 0 saturated carbocycles. The molecule has 2 nitrogen and oxygen atoms in total. The highest BCUT2D eigenvalue weighted by Crippen LogP contribution is 2.33. The van der Waals surface area contributed by atoms with Crippen molar-refractivity contribution in [1.29, 1.82) is 0 Å². The Bertz CT molecular complexity index is 1040. The Hall–Kier alpha value is -2.52. The first kappa shape index (κ1) is 16.0. The Morgan fingerprint density at radius 1 is 0.680 bits per heavy atom. The summed E-state index contributed by atoms with van der Waals surface area (Å²) in [6.45, 7) is 6.69. The van der Waals surface area contributed by atoms with Crippen LogP contribution in [0.25, 0.3) is 31.9 Å². The summed E-state index contributed by atoms with van der Waals surface area (Å²) in [7, 11) is 0. The van der Waals surface area contributed by atoms with Crippen LogP contribution in [0.2, 0.25) is 0 Å². The Labute approximate surface area is 152 Å². The van der Waals surface area contributed by atoms with E-state index in [2.05, 4.69) is 97.7 Å². The standard InChI is InChI=1S/C22H20N2S/c1-22(2,3)19-10-6-9-17(14-19)20-23-24-21(25-20)18-12-11-15-7-4-5-8-16(15)13-18/h4-14H,1-3H3. The van der Waals surface area contributed by atoms with Crippen molar-refractivity contribution in [3.8, 4) is 21.1 Å². The number of rotatable bonds is 2. The van der Waals surface area contributed by atoms with E-state index >= 15 is 0 Å². The van der Waals surface area contributed by atoms with Crippen LogP contribution in [-0.2, 0) is 5.41 Å². The average molecular weight is 344 g/mol. The van der Waals surface area contributed by atoms with E-state index in [4.69, 9.17) is 0 Å². The van der Waals surface area contributed by atoms with Crippen LogP contribution in [0.15, 0.2) is 66.7 Å². The molecule has 0 unspecified atom stereocenters. The number of benzene rings is 3. The van der Waals surface area contributed by atoms with E-state index in [1.165, 1.54) is 16.3 Å². The normalized spacial score (nSPS) is 11.8. The van der Waals surface area contributed by atoms with E-state index in [1.807, 2.05) is 0 Å². The summed E-state index contributed by atoms with van der Waals surface area (Å²) >= 11 is 1.64. The summed E-state index contributed by atoms with van der Waals surface area (Å²) in [5, 5.41) is 13.3. The van der Waals surface area contributed by atoms with Gasteiger partial charge in [-0.3, -0.25) is 0 Å². The molecule has 3 heteroatoms. The van der Waals surface area contributed by atoms with Crippen LogP contribution in [0.1, 0.15) is 26.3 Å². The fourth-order valence-electron chi connectivity index (χ4n) is 2.90. The summed E-state index contributed by atoms with van der Waals surface area (Å²) in [4.78, 5) is 0. The maximum atomic E-state index is 4.43. The molecule has 1 aromatic heterocycles. The van der Waals surface area contributed by atoms with E-state index in [1.54, 1.807) is 11.3 Å². The molecule has 25 heavy (non-hydrogen) atoms. The van der Waals surface area contributed by atoms with Crippen LogP contribution in [0.3, 0.4) is 0 Å². The third-order valence-electron chi connectivity index (χ3n) is 4.40. The highest BCUT2D eigenvalue weighted by molar-refractivity contribution is 7.17. The van der Waals surface area contributed by atoms with Gasteiger partial charge in [0.2, 0.25) is 0 Å². The molecular weight excluding hydrogens is 324 g/mol. The van der Waals surface area contributed by atoms with Crippen LogP contribution in [-0.4, -0.2) is 10.2 Å². The van der Waals surface area contributed by atoms with E-state index in [0.717, 1.165) is 21.1 Å². The molecule has 0 fully saturated rings. The zero-order valence-corrected chi connectivity index (χ0v) is 15.5. The molecule has 0 aliphatic heterocycles. The third-order valence-corrected chi connectivity index (χ3v) is 5.42. The van der Waals surface area contributed by atoms with Gasteiger partial charge in [-0.15, -0.1) is 10.2 Å². The monoisotopic (exact) mass is 344 g/mol. The van der Waals surface area contributed by atoms with Gasteiger partial charge in [-0.05, 0) is 33.9 Å².